The van der Waals surface area contributed by atoms with Crippen LogP contribution in [0, 0.1) is 6.92 Å². The summed E-state index contributed by atoms with van der Waals surface area (Å²) in [5.74, 6) is 0. The summed E-state index contributed by atoms with van der Waals surface area (Å²) in [5, 5.41) is 0.144. The van der Waals surface area contributed by atoms with Crippen LogP contribution in [0.25, 0.3) is 10.2 Å². The summed E-state index contributed by atoms with van der Waals surface area (Å²) in [4.78, 5) is 18.7. The Labute approximate surface area is 77.0 Å². The van der Waals surface area contributed by atoms with Crippen molar-refractivity contribution in [2.45, 2.75) is 6.92 Å². The van der Waals surface area contributed by atoms with Gasteiger partial charge in [0.2, 0.25) is 5.28 Å². The number of rotatable bonds is 0. The van der Waals surface area contributed by atoms with Crippen molar-refractivity contribution in [3.63, 3.8) is 0 Å². The standard InChI is InChI=1S/C7H5ClN2OS/c1-3-2-4-5(12-3)6(11)10-7(8)9-4/h2H,1H3,(H,9,10,11). The van der Waals surface area contributed by atoms with Gasteiger partial charge in [-0.3, -0.25) is 9.78 Å². The number of halogens is 1. The van der Waals surface area contributed by atoms with Gasteiger partial charge in [0, 0.05) is 4.88 Å². The van der Waals surface area contributed by atoms with Crippen LogP contribution >= 0.6 is 22.9 Å². The van der Waals surface area contributed by atoms with Crippen molar-refractivity contribution in [3.8, 4) is 0 Å². The van der Waals surface area contributed by atoms with E-state index in [0.29, 0.717) is 10.2 Å². The van der Waals surface area contributed by atoms with Crippen LogP contribution in [0.2, 0.25) is 5.28 Å². The first-order valence-corrected chi connectivity index (χ1v) is 4.52. The third-order valence-corrected chi connectivity index (χ3v) is 2.69. The molecule has 0 bridgehead atoms. The molecule has 5 heteroatoms. The van der Waals surface area contributed by atoms with Crippen molar-refractivity contribution < 1.29 is 0 Å². The number of hydrogen-bond donors (Lipinski definition) is 1. The fraction of sp³-hybridized carbons (Fsp3) is 0.143. The fourth-order valence-corrected chi connectivity index (χ4v) is 2.05. The Morgan fingerprint density at radius 2 is 2.42 bits per heavy atom. The summed E-state index contributed by atoms with van der Waals surface area (Å²) < 4.78 is 0.636. The van der Waals surface area contributed by atoms with Crippen molar-refractivity contribution in [1.82, 2.24) is 9.97 Å². The SMILES string of the molecule is Cc1cc2nc(Cl)[nH]c(=O)c2s1. The van der Waals surface area contributed by atoms with Gasteiger partial charge < -0.3 is 0 Å². The predicted octanol–water partition coefficient (Wildman–Crippen LogP) is 1.95. The summed E-state index contributed by atoms with van der Waals surface area (Å²) in [7, 11) is 0. The molecule has 0 aliphatic rings. The molecule has 3 nitrogen and oxygen atoms in total. The highest BCUT2D eigenvalue weighted by Crippen LogP contribution is 2.19. The van der Waals surface area contributed by atoms with E-state index in [1.54, 1.807) is 0 Å². The fourth-order valence-electron chi connectivity index (χ4n) is 1.03. The lowest BCUT2D eigenvalue weighted by Crippen LogP contribution is -2.05. The number of nitrogens with zero attached hydrogens (tertiary/aromatic N) is 1. The Kier molecular flexibility index (Phi) is 1.66. The van der Waals surface area contributed by atoms with E-state index in [0.717, 1.165) is 4.88 Å². The molecule has 2 aromatic rings. The van der Waals surface area contributed by atoms with Gasteiger partial charge >= 0.3 is 0 Å². The summed E-state index contributed by atoms with van der Waals surface area (Å²) in [6.07, 6.45) is 0. The Balaban J connectivity index is 2.98. The molecule has 0 amide bonds. The lowest BCUT2D eigenvalue weighted by molar-refractivity contribution is 1.18. The van der Waals surface area contributed by atoms with E-state index in [1.807, 2.05) is 13.0 Å². The minimum atomic E-state index is -0.164. The van der Waals surface area contributed by atoms with Gasteiger partial charge in [-0.1, -0.05) is 0 Å². The van der Waals surface area contributed by atoms with Crippen molar-refractivity contribution in [1.29, 1.82) is 0 Å². The molecule has 62 valence electrons. The predicted molar refractivity (Wildman–Crippen MR) is 50.0 cm³/mol. The minimum absolute atomic E-state index is 0.144. The molecule has 0 atom stereocenters. The number of aromatic nitrogens is 2. The van der Waals surface area contributed by atoms with Gasteiger partial charge in [0.1, 0.15) is 4.70 Å². The normalized spacial score (nSPS) is 10.8. The molecule has 0 unspecified atom stereocenters. The second-order valence-corrected chi connectivity index (χ2v) is 4.04. The molecular formula is C7H5ClN2OS. The molecule has 0 aromatic carbocycles. The molecule has 1 N–H and O–H groups in total. The largest absolute Gasteiger partial charge is 0.296 e. The van der Waals surface area contributed by atoms with Crippen LogP contribution in [-0.2, 0) is 0 Å². The average molecular weight is 201 g/mol. The smallest absolute Gasteiger partial charge is 0.269 e. The van der Waals surface area contributed by atoms with Crippen LogP contribution in [0.5, 0.6) is 0 Å². The first kappa shape index (κ1) is 7.76. The first-order chi connectivity index (χ1) is 5.66. The number of thiophene rings is 1. The molecule has 12 heavy (non-hydrogen) atoms. The maximum absolute atomic E-state index is 11.2. The highest BCUT2D eigenvalue weighted by Gasteiger charge is 2.04. The van der Waals surface area contributed by atoms with E-state index >= 15 is 0 Å². The van der Waals surface area contributed by atoms with E-state index < -0.39 is 0 Å². The van der Waals surface area contributed by atoms with Crippen molar-refractivity contribution >= 4 is 33.2 Å². The molecule has 2 heterocycles. The van der Waals surface area contributed by atoms with E-state index in [9.17, 15) is 4.79 Å². The van der Waals surface area contributed by atoms with Crippen LogP contribution in [0.4, 0.5) is 0 Å². The Morgan fingerprint density at radius 1 is 1.67 bits per heavy atom. The maximum Gasteiger partial charge on any atom is 0.269 e. The van der Waals surface area contributed by atoms with Gasteiger partial charge in [-0.15, -0.1) is 11.3 Å². The Bertz CT molecular complexity index is 488. The van der Waals surface area contributed by atoms with Gasteiger partial charge in [-0.2, -0.15) is 0 Å². The number of fused-ring (bicyclic) bond motifs is 1. The summed E-state index contributed by atoms with van der Waals surface area (Å²) in [6.45, 7) is 1.93. The van der Waals surface area contributed by atoms with Crippen LogP contribution in [0.1, 0.15) is 4.88 Å². The number of hydrogen-bond acceptors (Lipinski definition) is 3. The highest BCUT2D eigenvalue weighted by molar-refractivity contribution is 7.18. The zero-order valence-corrected chi connectivity index (χ0v) is 7.79. The molecule has 2 rings (SSSR count). The van der Waals surface area contributed by atoms with Gasteiger partial charge in [-0.25, -0.2) is 4.98 Å². The van der Waals surface area contributed by atoms with Crippen molar-refractivity contribution in [2.75, 3.05) is 0 Å². The summed E-state index contributed by atoms with van der Waals surface area (Å²) in [5.41, 5.74) is 0.509. The number of H-pyrrole nitrogens is 1. The minimum Gasteiger partial charge on any atom is -0.296 e. The number of aromatic amines is 1. The van der Waals surface area contributed by atoms with Crippen LogP contribution in [0.3, 0.4) is 0 Å². The van der Waals surface area contributed by atoms with Gasteiger partial charge in [-0.05, 0) is 24.6 Å². The van der Waals surface area contributed by atoms with Gasteiger partial charge in [0.15, 0.2) is 0 Å². The molecule has 0 spiro atoms. The topological polar surface area (TPSA) is 45.8 Å². The van der Waals surface area contributed by atoms with Crippen LogP contribution in [-0.4, -0.2) is 9.97 Å². The third-order valence-electron chi connectivity index (χ3n) is 1.48. The van der Waals surface area contributed by atoms with E-state index in [4.69, 9.17) is 11.6 Å². The summed E-state index contributed by atoms with van der Waals surface area (Å²) >= 11 is 6.99. The second-order valence-electron chi connectivity index (χ2n) is 2.43. The zero-order chi connectivity index (χ0) is 8.72. The lowest BCUT2D eigenvalue weighted by atomic mass is 10.4. The van der Waals surface area contributed by atoms with Crippen molar-refractivity contribution in [2.24, 2.45) is 0 Å². The maximum atomic E-state index is 11.2. The molecule has 2 aromatic heterocycles. The van der Waals surface area contributed by atoms with E-state index in [2.05, 4.69) is 9.97 Å². The Morgan fingerprint density at radius 3 is 3.17 bits per heavy atom. The summed E-state index contributed by atoms with van der Waals surface area (Å²) in [6, 6.07) is 1.85. The molecule has 0 fully saturated rings. The van der Waals surface area contributed by atoms with Gasteiger partial charge in [0.25, 0.3) is 5.56 Å². The first-order valence-electron chi connectivity index (χ1n) is 3.33. The number of aryl methyl sites for hydroxylation is 1. The van der Waals surface area contributed by atoms with Crippen LogP contribution in [0.15, 0.2) is 10.9 Å². The molecule has 0 saturated heterocycles. The molecule has 0 radical (unpaired) electrons. The zero-order valence-electron chi connectivity index (χ0n) is 6.22. The molecule has 0 aliphatic carbocycles. The number of nitrogens with one attached hydrogen (secondary N) is 1. The highest BCUT2D eigenvalue weighted by atomic mass is 35.5. The average Bonchev–Trinajstić information content (AvgIpc) is 2.29. The van der Waals surface area contributed by atoms with Gasteiger partial charge in [0.05, 0.1) is 5.52 Å². The van der Waals surface area contributed by atoms with Crippen LogP contribution < -0.4 is 5.56 Å². The lowest BCUT2D eigenvalue weighted by Gasteiger charge is -1.88. The van der Waals surface area contributed by atoms with E-state index in [1.165, 1.54) is 11.3 Å². The molecular weight excluding hydrogens is 196 g/mol. The Hall–Kier alpha value is -0.870. The van der Waals surface area contributed by atoms with E-state index in [-0.39, 0.29) is 10.8 Å². The second kappa shape index (κ2) is 2.57. The third kappa shape index (κ3) is 1.13. The molecule has 0 saturated carbocycles. The quantitative estimate of drug-likeness (QED) is 0.661. The molecule has 0 aliphatic heterocycles. The monoisotopic (exact) mass is 200 g/mol. The van der Waals surface area contributed by atoms with Crippen molar-refractivity contribution in [3.05, 3.63) is 26.6 Å².